The van der Waals surface area contributed by atoms with Gasteiger partial charge in [-0.1, -0.05) is 34.8 Å². The van der Waals surface area contributed by atoms with Crippen LogP contribution in [0.1, 0.15) is 31.2 Å². The van der Waals surface area contributed by atoms with Gasteiger partial charge in [-0.25, -0.2) is 8.42 Å². The Kier molecular flexibility index (Phi) is 4.33. The lowest BCUT2D eigenvalue weighted by molar-refractivity contribution is 0.558. The lowest BCUT2D eigenvalue weighted by Crippen LogP contribution is -2.16. The summed E-state index contributed by atoms with van der Waals surface area (Å²) in [6.45, 7) is 0. The maximum Gasteiger partial charge on any atom is 0.154 e. The zero-order valence-electron chi connectivity index (χ0n) is 10.2. The molecule has 1 saturated carbocycles. The van der Waals surface area contributed by atoms with Crippen molar-refractivity contribution >= 4 is 31.5 Å². The minimum absolute atomic E-state index is 0.102. The predicted octanol–water partition coefficient (Wildman–Crippen LogP) is 3.14. The van der Waals surface area contributed by atoms with Crippen LogP contribution in [0.2, 0.25) is 0 Å². The predicted molar refractivity (Wildman–Crippen MR) is 78.0 cm³/mol. The standard InChI is InChI=1S/C13H18BrNO2S/c14-13-7-12(15)6-5-11(13)9-18(16,17)8-10-3-1-2-4-10/h5-7,10H,1-4,8-9,15H2. The molecule has 0 spiro atoms. The molecule has 0 saturated heterocycles. The fourth-order valence-corrected chi connectivity index (χ4v) is 5.13. The molecule has 1 fully saturated rings. The smallest absolute Gasteiger partial charge is 0.154 e. The summed E-state index contributed by atoms with van der Waals surface area (Å²) in [6.07, 6.45) is 4.46. The molecule has 2 rings (SSSR count). The Morgan fingerprint density at radius 3 is 2.56 bits per heavy atom. The van der Waals surface area contributed by atoms with Crippen LogP contribution in [0.4, 0.5) is 5.69 Å². The van der Waals surface area contributed by atoms with E-state index in [9.17, 15) is 8.42 Å². The maximum atomic E-state index is 12.1. The summed E-state index contributed by atoms with van der Waals surface area (Å²) in [5, 5.41) is 0. The molecule has 0 atom stereocenters. The number of rotatable bonds is 4. The first-order chi connectivity index (χ1) is 8.46. The van der Waals surface area contributed by atoms with E-state index in [-0.39, 0.29) is 5.75 Å². The molecule has 100 valence electrons. The van der Waals surface area contributed by atoms with Crippen molar-refractivity contribution in [1.82, 2.24) is 0 Å². The highest BCUT2D eigenvalue weighted by atomic mass is 79.9. The van der Waals surface area contributed by atoms with E-state index in [2.05, 4.69) is 15.9 Å². The van der Waals surface area contributed by atoms with E-state index in [4.69, 9.17) is 5.73 Å². The Hall–Kier alpha value is -0.550. The first-order valence-electron chi connectivity index (χ1n) is 6.20. The molecule has 0 radical (unpaired) electrons. The molecule has 1 aliphatic rings. The van der Waals surface area contributed by atoms with Crippen LogP contribution in [0.5, 0.6) is 0 Å². The van der Waals surface area contributed by atoms with E-state index in [1.807, 2.05) is 0 Å². The summed E-state index contributed by atoms with van der Waals surface area (Å²) in [4.78, 5) is 0. The van der Waals surface area contributed by atoms with Crippen LogP contribution >= 0.6 is 15.9 Å². The molecule has 0 bridgehead atoms. The Morgan fingerprint density at radius 2 is 1.94 bits per heavy atom. The van der Waals surface area contributed by atoms with Gasteiger partial charge in [0.15, 0.2) is 9.84 Å². The summed E-state index contributed by atoms with van der Waals surface area (Å²) in [7, 11) is -3.02. The molecule has 5 heteroatoms. The fourth-order valence-electron chi connectivity index (χ4n) is 2.51. The number of sulfone groups is 1. The van der Waals surface area contributed by atoms with Gasteiger partial charge in [-0.3, -0.25) is 0 Å². The van der Waals surface area contributed by atoms with Gasteiger partial charge in [0.1, 0.15) is 0 Å². The summed E-state index contributed by atoms with van der Waals surface area (Å²) >= 11 is 3.37. The number of hydrogen-bond donors (Lipinski definition) is 1. The molecule has 1 aromatic carbocycles. The average molecular weight is 332 g/mol. The second-order valence-corrected chi connectivity index (χ2v) is 8.02. The van der Waals surface area contributed by atoms with E-state index >= 15 is 0 Å². The van der Waals surface area contributed by atoms with Gasteiger partial charge in [0.25, 0.3) is 0 Å². The van der Waals surface area contributed by atoms with Gasteiger partial charge in [-0.15, -0.1) is 0 Å². The van der Waals surface area contributed by atoms with E-state index < -0.39 is 9.84 Å². The van der Waals surface area contributed by atoms with Crippen LogP contribution in [0, 0.1) is 5.92 Å². The second kappa shape index (κ2) is 5.61. The number of benzene rings is 1. The quantitative estimate of drug-likeness (QED) is 0.862. The lowest BCUT2D eigenvalue weighted by Gasteiger charge is -2.11. The van der Waals surface area contributed by atoms with Crippen molar-refractivity contribution < 1.29 is 8.42 Å². The van der Waals surface area contributed by atoms with Crippen LogP contribution in [-0.2, 0) is 15.6 Å². The van der Waals surface area contributed by atoms with Gasteiger partial charge >= 0.3 is 0 Å². The average Bonchev–Trinajstić information content (AvgIpc) is 2.74. The van der Waals surface area contributed by atoms with Crippen molar-refractivity contribution in [3.05, 3.63) is 28.2 Å². The van der Waals surface area contributed by atoms with Gasteiger partial charge in [-0.05, 0) is 36.5 Å². The first kappa shape index (κ1) is 13.9. The van der Waals surface area contributed by atoms with Crippen molar-refractivity contribution in [2.24, 2.45) is 5.92 Å². The van der Waals surface area contributed by atoms with E-state index in [0.29, 0.717) is 17.4 Å². The summed E-state index contributed by atoms with van der Waals surface area (Å²) in [5.41, 5.74) is 7.08. The van der Waals surface area contributed by atoms with Crippen molar-refractivity contribution in [3.63, 3.8) is 0 Å². The molecule has 0 unspecified atom stereocenters. The Morgan fingerprint density at radius 1 is 1.28 bits per heavy atom. The molecule has 2 N–H and O–H groups in total. The summed E-state index contributed by atoms with van der Waals surface area (Å²) in [6, 6.07) is 5.28. The van der Waals surface area contributed by atoms with Crippen molar-refractivity contribution in [2.75, 3.05) is 11.5 Å². The molecule has 1 aliphatic carbocycles. The minimum Gasteiger partial charge on any atom is -0.399 e. The van der Waals surface area contributed by atoms with E-state index in [1.165, 1.54) is 12.8 Å². The maximum absolute atomic E-state index is 12.1. The lowest BCUT2D eigenvalue weighted by atomic mass is 10.1. The molecule has 0 amide bonds. The van der Waals surface area contributed by atoms with Crippen LogP contribution in [-0.4, -0.2) is 14.2 Å². The van der Waals surface area contributed by atoms with Crippen LogP contribution in [0.3, 0.4) is 0 Å². The van der Waals surface area contributed by atoms with Gasteiger partial charge in [0, 0.05) is 10.2 Å². The number of nitrogens with two attached hydrogens (primary N) is 1. The minimum atomic E-state index is -3.02. The molecule has 0 aliphatic heterocycles. The van der Waals surface area contributed by atoms with Crippen LogP contribution in [0.25, 0.3) is 0 Å². The largest absolute Gasteiger partial charge is 0.399 e. The molecule has 1 aromatic rings. The first-order valence-corrected chi connectivity index (χ1v) is 8.82. The van der Waals surface area contributed by atoms with Gasteiger partial charge in [-0.2, -0.15) is 0 Å². The molecule has 0 heterocycles. The van der Waals surface area contributed by atoms with E-state index in [0.717, 1.165) is 22.9 Å². The number of halogens is 1. The van der Waals surface area contributed by atoms with Gasteiger partial charge in [0.05, 0.1) is 11.5 Å². The van der Waals surface area contributed by atoms with Gasteiger partial charge in [0.2, 0.25) is 0 Å². The summed E-state index contributed by atoms with van der Waals surface area (Å²) in [5.74, 6) is 0.788. The second-order valence-electron chi connectivity index (χ2n) is 5.06. The molecular weight excluding hydrogens is 314 g/mol. The highest BCUT2D eigenvalue weighted by Crippen LogP contribution is 2.28. The van der Waals surface area contributed by atoms with Crippen LogP contribution in [0.15, 0.2) is 22.7 Å². The zero-order valence-corrected chi connectivity index (χ0v) is 12.6. The Labute approximate surface area is 117 Å². The monoisotopic (exact) mass is 331 g/mol. The Bertz CT molecular complexity index is 522. The zero-order chi connectivity index (χ0) is 13.2. The summed E-state index contributed by atoms with van der Waals surface area (Å²) < 4.78 is 25.1. The SMILES string of the molecule is Nc1ccc(CS(=O)(=O)CC2CCCC2)c(Br)c1. The fraction of sp³-hybridized carbons (Fsp3) is 0.538. The third-order valence-electron chi connectivity index (χ3n) is 3.42. The molecule has 18 heavy (non-hydrogen) atoms. The number of hydrogen-bond acceptors (Lipinski definition) is 3. The van der Waals surface area contributed by atoms with Crippen molar-refractivity contribution in [2.45, 2.75) is 31.4 Å². The Balaban J connectivity index is 2.07. The van der Waals surface area contributed by atoms with Gasteiger partial charge < -0.3 is 5.73 Å². The number of anilines is 1. The van der Waals surface area contributed by atoms with E-state index in [1.54, 1.807) is 18.2 Å². The highest BCUT2D eigenvalue weighted by molar-refractivity contribution is 9.10. The molecular formula is C13H18BrNO2S. The third-order valence-corrected chi connectivity index (χ3v) is 5.89. The topological polar surface area (TPSA) is 60.2 Å². The number of nitrogen functional groups attached to an aromatic ring is 1. The van der Waals surface area contributed by atoms with Crippen LogP contribution < -0.4 is 5.73 Å². The normalized spacial score (nSPS) is 17.2. The van der Waals surface area contributed by atoms with Crippen molar-refractivity contribution in [3.8, 4) is 0 Å². The third kappa shape index (κ3) is 3.72. The highest BCUT2D eigenvalue weighted by Gasteiger charge is 2.23. The molecule has 3 nitrogen and oxygen atoms in total. The van der Waals surface area contributed by atoms with Crippen molar-refractivity contribution in [1.29, 1.82) is 0 Å². The molecule has 0 aromatic heterocycles.